The Morgan fingerprint density at radius 2 is 1.64 bits per heavy atom. The van der Waals surface area contributed by atoms with E-state index in [2.05, 4.69) is 10.6 Å². The van der Waals surface area contributed by atoms with Gasteiger partial charge in [0.1, 0.15) is 5.82 Å². The molecular weight excluding hydrogens is 383 g/mol. The van der Waals surface area contributed by atoms with Crippen molar-refractivity contribution in [2.45, 2.75) is 25.3 Å². The average Bonchev–Trinajstić information content (AvgIpc) is 2.66. The van der Waals surface area contributed by atoms with Crippen molar-refractivity contribution in [1.82, 2.24) is 10.2 Å². The van der Waals surface area contributed by atoms with E-state index in [0.717, 1.165) is 5.56 Å². The van der Waals surface area contributed by atoms with Crippen LogP contribution >= 0.6 is 12.4 Å². The molecule has 1 aliphatic rings. The maximum atomic E-state index is 12.9. The molecule has 2 aromatic carbocycles. The number of hydrogen-bond acceptors (Lipinski definition) is 3. The van der Waals surface area contributed by atoms with E-state index in [4.69, 9.17) is 5.73 Å². The average molecular weight is 407 g/mol. The van der Waals surface area contributed by atoms with Crippen LogP contribution in [-0.4, -0.2) is 36.0 Å². The summed E-state index contributed by atoms with van der Waals surface area (Å²) >= 11 is 0. The Hall–Kier alpha value is -2.80. The number of carbonyl (C=O) groups is 2. The van der Waals surface area contributed by atoms with Crippen LogP contribution < -0.4 is 16.4 Å². The lowest BCUT2D eigenvalue weighted by atomic mass is 10.0. The smallest absolute Gasteiger partial charge is 0.319 e. The summed E-state index contributed by atoms with van der Waals surface area (Å²) < 4.78 is 12.9. The van der Waals surface area contributed by atoms with Gasteiger partial charge >= 0.3 is 6.03 Å². The number of nitrogens with zero attached hydrogens (tertiary/aromatic N) is 1. The van der Waals surface area contributed by atoms with Crippen molar-refractivity contribution in [3.63, 3.8) is 0 Å². The topological polar surface area (TPSA) is 87.5 Å². The molecule has 28 heavy (non-hydrogen) atoms. The monoisotopic (exact) mass is 406 g/mol. The summed E-state index contributed by atoms with van der Waals surface area (Å²) in [6.45, 7) is 1.21. The lowest BCUT2D eigenvalue weighted by Crippen LogP contribution is -2.47. The van der Waals surface area contributed by atoms with E-state index in [-0.39, 0.29) is 36.2 Å². The molecule has 1 aliphatic heterocycles. The fraction of sp³-hybridized carbons (Fsp3) is 0.300. The predicted octanol–water partition coefficient (Wildman–Crippen LogP) is 3.18. The fourth-order valence-corrected chi connectivity index (χ4v) is 3.08. The van der Waals surface area contributed by atoms with Crippen LogP contribution in [0, 0.1) is 5.82 Å². The molecule has 0 aliphatic carbocycles. The van der Waals surface area contributed by atoms with E-state index in [1.54, 1.807) is 12.1 Å². The van der Waals surface area contributed by atoms with Crippen LogP contribution in [0.5, 0.6) is 0 Å². The number of halogens is 2. The van der Waals surface area contributed by atoms with Crippen molar-refractivity contribution in [3.8, 4) is 0 Å². The molecule has 0 bridgehead atoms. The van der Waals surface area contributed by atoms with Gasteiger partial charge in [-0.05, 0) is 54.8 Å². The summed E-state index contributed by atoms with van der Waals surface area (Å²) in [4.78, 5) is 26.3. The molecule has 1 fully saturated rings. The number of nitrogen functional groups attached to an aromatic ring is 1. The molecule has 6 nitrogen and oxygen atoms in total. The highest BCUT2D eigenvalue weighted by Gasteiger charge is 2.23. The molecular formula is C20H24ClFN4O2. The first-order valence-electron chi connectivity index (χ1n) is 8.95. The highest BCUT2D eigenvalue weighted by Crippen LogP contribution is 2.14. The van der Waals surface area contributed by atoms with Gasteiger partial charge in [-0.3, -0.25) is 4.79 Å². The summed E-state index contributed by atoms with van der Waals surface area (Å²) in [6, 6.07) is 12.6. The summed E-state index contributed by atoms with van der Waals surface area (Å²) in [5, 5.41) is 5.58. The third-order valence-electron chi connectivity index (χ3n) is 4.62. The summed E-state index contributed by atoms with van der Waals surface area (Å²) in [7, 11) is 0. The third-order valence-corrected chi connectivity index (χ3v) is 4.62. The summed E-state index contributed by atoms with van der Waals surface area (Å²) in [5.74, 6) is -0.272. The van der Waals surface area contributed by atoms with E-state index in [1.165, 1.54) is 24.3 Å². The molecule has 0 unspecified atom stereocenters. The molecule has 0 saturated carbocycles. The Bertz CT molecular complexity index is 791. The number of carbonyl (C=O) groups excluding carboxylic acids is 2. The van der Waals surface area contributed by atoms with Crippen LogP contribution in [0.1, 0.15) is 18.4 Å². The Morgan fingerprint density at radius 3 is 2.25 bits per heavy atom. The number of piperidine rings is 1. The normalized spacial score (nSPS) is 14.1. The minimum atomic E-state index is -0.350. The molecule has 2 aromatic rings. The number of amides is 3. The number of benzene rings is 2. The van der Waals surface area contributed by atoms with E-state index < -0.39 is 0 Å². The van der Waals surface area contributed by atoms with Crippen LogP contribution in [0.25, 0.3) is 0 Å². The first-order valence-corrected chi connectivity index (χ1v) is 8.95. The van der Waals surface area contributed by atoms with Gasteiger partial charge in [0.2, 0.25) is 5.91 Å². The molecule has 3 amide bonds. The fourth-order valence-electron chi connectivity index (χ4n) is 3.08. The highest BCUT2D eigenvalue weighted by atomic mass is 35.5. The standard InChI is InChI=1S/C20H23FN4O2.ClH/c21-15-3-7-17(8-4-15)23-20(27)24-18-9-11-25(12-10-18)19(26)13-14-1-5-16(22)6-2-14;/h1-8,18H,9-13,22H2,(H2,23,24,27);1H. The number of nitrogens with two attached hydrogens (primary N) is 1. The van der Waals surface area contributed by atoms with Crippen LogP contribution in [0.15, 0.2) is 48.5 Å². The number of likely N-dealkylation sites (tertiary alicyclic amines) is 1. The zero-order valence-electron chi connectivity index (χ0n) is 15.4. The molecule has 150 valence electrons. The Kier molecular flexibility index (Phi) is 7.63. The largest absolute Gasteiger partial charge is 0.399 e. The van der Waals surface area contributed by atoms with E-state index in [1.807, 2.05) is 17.0 Å². The molecule has 0 atom stereocenters. The van der Waals surface area contributed by atoms with Gasteiger partial charge in [0.25, 0.3) is 0 Å². The first kappa shape index (κ1) is 21.5. The Labute approximate surface area is 169 Å². The lowest BCUT2D eigenvalue weighted by molar-refractivity contribution is -0.131. The number of urea groups is 1. The van der Waals surface area contributed by atoms with Gasteiger partial charge in [-0.2, -0.15) is 0 Å². The van der Waals surface area contributed by atoms with Crippen molar-refractivity contribution < 1.29 is 14.0 Å². The minimum absolute atomic E-state index is 0. The van der Waals surface area contributed by atoms with E-state index in [9.17, 15) is 14.0 Å². The zero-order valence-corrected chi connectivity index (χ0v) is 16.2. The van der Waals surface area contributed by atoms with Crippen LogP contribution in [0.2, 0.25) is 0 Å². The van der Waals surface area contributed by atoms with Crippen molar-refractivity contribution in [2.75, 3.05) is 24.1 Å². The predicted molar refractivity (Wildman–Crippen MR) is 110 cm³/mol. The maximum absolute atomic E-state index is 12.9. The Balaban J connectivity index is 0.00000280. The maximum Gasteiger partial charge on any atom is 0.319 e. The van der Waals surface area contributed by atoms with E-state index >= 15 is 0 Å². The number of rotatable bonds is 4. The summed E-state index contributed by atoms with van der Waals surface area (Å²) in [5.41, 5.74) is 7.81. The second-order valence-corrected chi connectivity index (χ2v) is 6.68. The third kappa shape index (κ3) is 6.13. The second-order valence-electron chi connectivity index (χ2n) is 6.68. The van der Waals surface area contributed by atoms with Crippen molar-refractivity contribution in [3.05, 3.63) is 59.9 Å². The van der Waals surface area contributed by atoms with Gasteiger partial charge in [0, 0.05) is 30.5 Å². The Morgan fingerprint density at radius 1 is 1.04 bits per heavy atom. The van der Waals surface area contributed by atoms with Crippen LogP contribution in [-0.2, 0) is 11.2 Å². The van der Waals surface area contributed by atoms with Gasteiger partial charge in [0.05, 0.1) is 6.42 Å². The van der Waals surface area contributed by atoms with Crippen LogP contribution in [0.3, 0.4) is 0 Å². The quantitative estimate of drug-likeness (QED) is 0.681. The van der Waals surface area contributed by atoms with Gasteiger partial charge in [0.15, 0.2) is 0 Å². The van der Waals surface area contributed by atoms with Crippen molar-refractivity contribution in [1.29, 1.82) is 0 Å². The van der Waals surface area contributed by atoms with Gasteiger partial charge < -0.3 is 21.3 Å². The lowest BCUT2D eigenvalue weighted by Gasteiger charge is -2.32. The molecule has 0 spiro atoms. The molecule has 0 radical (unpaired) electrons. The zero-order chi connectivity index (χ0) is 19.2. The molecule has 8 heteroatoms. The second kappa shape index (κ2) is 9.94. The summed E-state index contributed by atoms with van der Waals surface area (Å²) in [6.07, 6.45) is 1.75. The van der Waals surface area contributed by atoms with Crippen molar-refractivity contribution in [2.24, 2.45) is 0 Å². The molecule has 1 saturated heterocycles. The molecule has 1 heterocycles. The molecule has 3 rings (SSSR count). The molecule has 0 aromatic heterocycles. The van der Waals surface area contributed by atoms with Gasteiger partial charge in [-0.15, -0.1) is 12.4 Å². The van der Waals surface area contributed by atoms with Crippen molar-refractivity contribution >= 4 is 35.7 Å². The molecule has 4 N–H and O–H groups in total. The van der Waals surface area contributed by atoms with Gasteiger partial charge in [-0.1, -0.05) is 12.1 Å². The number of hydrogen-bond donors (Lipinski definition) is 3. The minimum Gasteiger partial charge on any atom is -0.399 e. The first-order chi connectivity index (χ1) is 13.0. The number of anilines is 2. The van der Waals surface area contributed by atoms with E-state index in [0.29, 0.717) is 43.7 Å². The SMILES string of the molecule is Cl.Nc1ccc(CC(=O)N2CCC(NC(=O)Nc3ccc(F)cc3)CC2)cc1. The van der Waals surface area contributed by atoms with Gasteiger partial charge in [-0.25, -0.2) is 9.18 Å². The van der Waals surface area contributed by atoms with Crippen LogP contribution in [0.4, 0.5) is 20.6 Å². The highest BCUT2D eigenvalue weighted by molar-refractivity contribution is 5.89. The number of nitrogens with one attached hydrogen (secondary N) is 2.